The van der Waals surface area contributed by atoms with E-state index in [1.807, 2.05) is 13.0 Å². The number of ketones is 1. The molecule has 1 aliphatic carbocycles. The van der Waals surface area contributed by atoms with Gasteiger partial charge in [-0.25, -0.2) is 0 Å². The van der Waals surface area contributed by atoms with Crippen molar-refractivity contribution in [3.05, 3.63) is 11.6 Å². The fourth-order valence-electron chi connectivity index (χ4n) is 2.29. The van der Waals surface area contributed by atoms with Gasteiger partial charge in [-0.15, -0.1) is 0 Å². The van der Waals surface area contributed by atoms with E-state index in [0.29, 0.717) is 25.9 Å². The Kier molecular flexibility index (Phi) is 6.69. The Morgan fingerprint density at radius 3 is 2.72 bits per heavy atom. The first kappa shape index (κ1) is 14.9. The molecule has 0 aromatic carbocycles. The van der Waals surface area contributed by atoms with Crippen LogP contribution in [0.1, 0.15) is 58.8 Å². The van der Waals surface area contributed by atoms with E-state index in [0.717, 1.165) is 25.7 Å². The largest absolute Gasteiger partial charge is 0.466 e. The topological polar surface area (TPSA) is 43.4 Å². The quantitative estimate of drug-likeness (QED) is 0.558. The van der Waals surface area contributed by atoms with Crippen LogP contribution in [0.25, 0.3) is 0 Å². The van der Waals surface area contributed by atoms with Crippen LogP contribution in [0.5, 0.6) is 0 Å². The molecule has 1 rings (SSSR count). The zero-order valence-corrected chi connectivity index (χ0v) is 11.5. The molecule has 0 spiro atoms. The van der Waals surface area contributed by atoms with Gasteiger partial charge < -0.3 is 4.74 Å². The molecule has 1 unspecified atom stereocenters. The van der Waals surface area contributed by atoms with E-state index in [1.165, 1.54) is 5.57 Å². The minimum absolute atomic E-state index is 0.191. The number of ether oxygens (including phenoxy) is 1. The van der Waals surface area contributed by atoms with E-state index < -0.39 is 0 Å². The molecule has 1 aliphatic rings. The average Bonchev–Trinajstić information content (AvgIpc) is 2.36. The summed E-state index contributed by atoms with van der Waals surface area (Å²) in [4.78, 5) is 23.5. The highest BCUT2D eigenvalue weighted by Crippen LogP contribution is 2.20. The highest BCUT2D eigenvalue weighted by molar-refractivity contribution is 5.80. The van der Waals surface area contributed by atoms with E-state index in [4.69, 9.17) is 4.74 Å². The number of carbonyl (C=O) groups excluding carboxylic acids is 2. The zero-order chi connectivity index (χ0) is 13.4. The number of carbonyl (C=O) groups is 2. The van der Waals surface area contributed by atoms with Gasteiger partial charge in [0.1, 0.15) is 5.78 Å². The molecule has 0 amide bonds. The lowest BCUT2D eigenvalue weighted by atomic mass is 9.97. The zero-order valence-electron chi connectivity index (χ0n) is 11.5. The first-order valence-corrected chi connectivity index (χ1v) is 6.99. The summed E-state index contributed by atoms with van der Waals surface area (Å²) in [5.74, 6) is -0.159. The van der Waals surface area contributed by atoms with Crippen LogP contribution in [0.4, 0.5) is 0 Å². The van der Waals surface area contributed by atoms with Crippen LogP contribution < -0.4 is 0 Å². The highest BCUT2D eigenvalue weighted by atomic mass is 16.5. The Balaban J connectivity index is 2.70. The standard InChI is InChI=1S/C15H24O3/c1-3-18-15(17)13-9-10-14(16)8-6-4-5-7-12(2)11-13/h11,13H,3-10H2,1-2H3/b12-11+. The van der Waals surface area contributed by atoms with Crippen LogP contribution in [0.15, 0.2) is 11.6 Å². The normalized spacial score (nSPS) is 25.8. The van der Waals surface area contributed by atoms with E-state index >= 15 is 0 Å². The maximum atomic E-state index is 11.8. The summed E-state index contributed by atoms with van der Waals surface area (Å²) in [7, 11) is 0. The molecule has 3 nitrogen and oxygen atoms in total. The molecule has 0 aliphatic heterocycles. The predicted molar refractivity (Wildman–Crippen MR) is 71.2 cm³/mol. The molecule has 0 bridgehead atoms. The smallest absolute Gasteiger partial charge is 0.312 e. The fraction of sp³-hybridized carbons (Fsp3) is 0.733. The van der Waals surface area contributed by atoms with Crippen molar-refractivity contribution in [1.82, 2.24) is 0 Å². The van der Waals surface area contributed by atoms with Crippen molar-refractivity contribution in [2.45, 2.75) is 58.8 Å². The summed E-state index contributed by atoms with van der Waals surface area (Å²) < 4.78 is 5.07. The van der Waals surface area contributed by atoms with Crippen LogP contribution in [0.3, 0.4) is 0 Å². The van der Waals surface area contributed by atoms with Crippen molar-refractivity contribution in [1.29, 1.82) is 0 Å². The minimum atomic E-state index is -0.244. The van der Waals surface area contributed by atoms with Crippen LogP contribution in [-0.2, 0) is 14.3 Å². The number of hydrogen-bond acceptors (Lipinski definition) is 3. The molecule has 1 atom stereocenters. The monoisotopic (exact) mass is 252 g/mol. The van der Waals surface area contributed by atoms with Gasteiger partial charge in [-0.3, -0.25) is 9.59 Å². The SMILES string of the molecule is CCOC(=O)C1/C=C(\C)CCCCCC(=O)CC1. The van der Waals surface area contributed by atoms with Crippen molar-refractivity contribution in [3.63, 3.8) is 0 Å². The first-order chi connectivity index (χ1) is 8.63. The molecule has 0 aromatic heterocycles. The third-order valence-electron chi connectivity index (χ3n) is 3.34. The molecule has 0 N–H and O–H groups in total. The fourth-order valence-corrected chi connectivity index (χ4v) is 2.29. The summed E-state index contributed by atoms with van der Waals surface area (Å²) in [6.45, 7) is 4.27. The minimum Gasteiger partial charge on any atom is -0.466 e. The first-order valence-electron chi connectivity index (χ1n) is 6.99. The van der Waals surface area contributed by atoms with Gasteiger partial charge in [-0.05, 0) is 39.5 Å². The van der Waals surface area contributed by atoms with Crippen LogP contribution in [-0.4, -0.2) is 18.4 Å². The van der Waals surface area contributed by atoms with E-state index in [1.54, 1.807) is 0 Å². The van der Waals surface area contributed by atoms with Gasteiger partial charge in [0.25, 0.3) is 0 Å². The molecule has 0 radical (unpaired) electrons. The van der Waals surface area contributed by atoms with E-state index in [9.17, 15) is 9.59 Å². The van der Waals surface area contributed by atoms with Crippen LogP contribution in [0.2, 0.25) is 0 Å². The van der Waals surface area contributed by atoms with Crippen molar-refractivity contribution >= 4 is 11.8 Å². The molecular formula is C15H24O3. The number of esters is 1. The Hall–Kier alpha value is -1.12. The molecule has 3 heteroatoms. The summed E-state index contributed by atoms with van der Waals surface area (Å²) in [6.07, 6.45) is 7.94. The van der Waals surface area contributed by atoms with Crippen molar-refractivity contribution in [2.24, 2.45) is 5.92 Å². The van der Waals surface area contributed by atoms with Gasteiger partial charge in [0.15, 0.2) is 0 Å². The van der Waals surface area contributed by atoms with Gasteiger partial charge in [0.2, 0.25) is 0 Å². The molecule has 0 aromatic rings. The predicted octanol–water partition coefficient (Wildman–Crippen LogP) is 3.43. The molecule has 0 heterocycles. The lowest BCUT2D eigenvalue weighted by molar-refractivity contribution is -0.146. The summed E-state index contributed by atoms with van der Waals surface area (Å²) in [5.41, 5.74) is 1.24. The number of hydrogen-bond donors (Lipinski definition) is 0. The Morgan fingerprint density at radius 2 is 2.00 bits per heavy atom. The van der Waals surface area contributed by atoms with Gasteiger partial charge >= 0.3 is 5.97 Å². The van der Waals surface area contributed by atoms with Crippen molar-refractivity contribution < 1.29 is 14.3 Å². The molecule has 18 heavy (non-hydrogen) atoms. The summed E-state index contributed by atoms with van der Waals surface area (Å²) in [6, 6.07) is 0. The van der Waals surface area contributed by atoms with Crippen molar-refractivity contribution in [3.8, 4) is 0 Å². The van der Waals surface area contributed by atoms with E-state index in [-0.39, 0.29) is 17.7 Å². The number of Topliss-reactive ketones (excluding diaryl/α,β-unsaturated/α-hetero) is 1. The number of rotatable bonds is 2. The highest BCUT2D eigenvalue weighted by Gasteiger charge is 2.19. The van der Waals surface area contributed by atoms with E-state index in [2.05, 4.69) is 6.92 Å². The van der Waals surface area contributed by atoms with Crippen molar-refractivity contribution in [2.75, 3.05) is 6.61 Å². The van der Waals surface area contributed by atoms with Gasteiger partial charge in [-0.2, -0.15) is 0 Å². The lowest BCUT2D eigenvalue weighted by Crippen LogP contribution is -2.17. The Bertz CT molecular complexity index is 318. The Morgan fingerprint density at radius 1 is 1.28 bits per heavy atom. The second kappa shape index (κ2) is 8.06. The molecular weight excluding hydrogens is 228 g/mol. The third kappa shape index (κ3) is 5.48. The van der Waals surface area contributed by atoms with Gasteiger partial charge in [0.05, 0.1) is 12.5 Å². The lowest BCUT2D eigenvalue weighted by Gasteiger charge is -2.12. The third-order valence-corrected chi connectivity index (χ3v) is 3.34. The molecule has 102 valence electrons. The maximum Gasteiger partial charge on any atom is 0.312 e. The summed E-state index contributed by atoms with van der Waals surface area (Å²) in [5, 5.41) is 0. The molecule has 0 saturated heterocycles. The molecule has 0 saturated carbocycles. The second-order valence-electron chi connectivity index (χ2n) is 5.01. The van der Waals surface area contributed by atoms with Gasteiger partial charge in [0, 0.05) is 12.8 Å². The van der Waals surface area contributed by atoms with Crippen LogP contribution in [0, 0.1) is 5.92 Å². The second-order valence-corrected chi connectivity index (χ2v) is 5.01. The van der Waals surface area contributed by atoms with Gasteiger partial charge in [-0.1, -0.05) is 18.1 Å². The van der Waals surface area contributed by atoms with Crippen LogP contribution >= 0.6 is 0 Å². The number of allylic oxidation sites excluding steroid dienone is 1. The summed E-state index contributed by atoms with van der Waals surface area (Å²) >= 11 is 0. The average molecular weight is 252 g/mol. The maximum absolute atomic E-state index is 11.8. The molecule has 0 fully saturated rings. The Labute approximate surface area is 110 Å².